The molecule has 0 radical (unpaired) electrons. The number of hydrogen-bond acceptors (Lipinski definition) is 5. The standard InChI is InChI=1S/C11H17N3O3S/c1-8-3-4-9(10(7-8)14-12)11(15)13-5-6-18(2,16)17/h3-4,7,14H,5-6,12H2,1-2H3,(H,13,15). The van der Waals surface area contributed by atoms with E-state index >= 15 is 0 Å². The van der Waals surface area contributed by atoms with E-state index in [-0.39, 0.29) is 18.2 Å². The molecule has 6 nitrogen and oxygen atoms in total. The normalized spacial score (nSPS) is 11.1. The summed E-state index contributed by atoms with van der Waals surface area (Å²) in [5.41, 5.74) is 4.31. The first-order valence-electron chi connectivity index (χ1n) is 5.36. The number of hydrogen-bond donors (Lipinski definition) is 3. The van der Waals surface area contributed by atoms with Gasteiger partial charge in [-0.15, -0.1) is 0 Å². The molecule has 7 heteroatoms. The predicted octanol–water partition coefficient (Wildman–Crippen LogP) is 0.0550. The van der Waals surface area contributed by atoms with Gasteiger partial charge in [-0.05, 0) is 24.6 Å². The quantitative estimate of drug-likeness (QED) is 0.519. The highest BCUT2D eigenvalue weighted by atomic mass is 32.2. The van der Waals surface area contributed by atoms with Crippen molar-refractivity contribution in [1.29, 1.82) is 0 Å². The number of anilines is 1. The monoisotopic (exact) mass is 271 g/mol. The number of nitrogen functional groups attached to an aromatic ring is 1. The van der Waals surface area contributed by atoms with Gasteiger partial charge in [-0.1, -0.05) is 6.07 Å². The number of hydrazine groups is 1. The second kappa shape index (κ2) is 5.83. The number of nitrogens with two attached hydrogens (primary N) is 1. The second-order valence-corrected chi connectivity index (χ2v) is 6.34. The van der Waals surface area contributed by atoms with E-state index < -0.39 is 9.84 Å². The van der Waals surface area contributed by atoms with Crippen molar-refractivity contribution in [2.45, 2.75) is 6.92 Å². The molecular weight excluding hydrogens is 254 g/mol. The van der Waals surface area contributed by atoms with E-state index in [0.29, 0.717) is 11.3 Å². The fourth-order valence-electron chi connectivity index (χ4n) is 1.42. The van der Waals surface area contributed by atoms with Gasteiger partial charge in [0.15, 0.2) is 0 Å². The topological polar surface area (TPSA) is 101 Å². The minimum atomic E-state index is -3.08. The number of carbonyl (C=O) groups excluding carboxylic acids is 1. The molecule has 1 rings (SSSR count). The SMILES string of the molecule is Cc1ccc(C(=O)NCCS(C)(=O)=O)c(NN)c1. The lowest BCUT2D eigenvalue weighted by molar-refractivity contribution is 0.0957. The minimum absolute atomic E-state index is 0.0789. The third kappa shape index (κ3) is 4.34. The van der Waals surface area contributed by atoms with E-state index in [0.717, 1.165) is 11.8 Å². The van der Waals surface area contributed by atoms with Crippen LogP contribution in [0.5, 0.6) is 0 Å². The minimum Gasteiger partial charge on any atom is -0.351 e. The number of sulfone groups is 1. The second-order valence-electron chi connectivity index (χ2n) is 4.08. The number of aryl methyl sites for hydroxylation is 1. The van der Waals surface area contributed by atoms with Gasteiger partial charge in [-0.25, -0.2) is 8.42 Å². The van der Waals surface area contributed by atoms with Crippen LogP contribution in [0.3, 0.4) is 0 Å². The highest BCUT2D eigenvalue weighted by Crippen LogP contribution is 2.16. The lowest BCUT2D eigenvalue weighted by Crippen LogP contribution is -2.29. The molecule has 100 valence electrons. The Hall–Kier alpha value is -1.60. The first-order valence-corrected chi connectivity index (χ1v) is 7.43. The molecule has 0 heterocycles. The van der Waals surface area contributed by atoms with E-state index in [1.54, 1.807) is 18.2 Å². The summed E-state index contributed by atoms with van der Waals surface area (Å²) in [6, 6.07) is 5.16. The Kier molecular flexibility index (Phi) is 4.69. The van der Waals surface area contributed by atoms with E-state index in [4.69, 9.17) is 5.84 Å². The Morgan fingerprint density at radius 1 is 1.39 bits per heavy atom. The molecular formula is C11H17N3O3S. The molecule has 0 fully saturated rings. The van der Waals surface area contributed by atoms with Gasteiger partial charge in [0.05, 0.1) is 17.0 Å². The maximum Gasteiger partial charge on any atom is 0.253 e. The highest BCUT2D eigenvalue weighted by molar-refractivity contribution is 7.90. The summed E-state index contributed by atoms with van der Waals surface area (Å²) in [7, 11) is -3.08. The van der Waals surface area contributed by atoms with Crippen LogP contribution in [0.15, 0.2) is 18.2 Å². The molecule has 0 spiro atoms. The largest absolute Gasteiger partial charge is 0.351 e. The Bertz CT molecular complexity index is 540. The number of rotatable bonds is 5. The van der Waals surface area contributed by atoms with Gasteiger partial charge >= 0.3 is 0 Å². The lowest BCUT2D eigenvalue weighted by Gasteiger charge is -2.10. The third-order valence-corrected chi connectivity index (χ3v) is 3.28. The van der Waals surface area contributed by atoms with E-state index in [1.165, 1.54) is 0 Å². The molecule has 0 aliphatic rings. The van der Waals surface area contributed by atoms with Crippen molar-refractivity contribution in [3.63, 3.8) is 0 Å². The Morgan fingerprint density at radius 3 is 2.61 bits per heavy atom. The van der Waals surface area contributed by atoms with Gasteiger partial charge < -0.3 is 10.7 Å². The molecule has 0 unspecified atom stereocenters. The van der Waals surface area contributed by atoms with Crippen molar-refractivity contribution >= 4 is 21.4 Å². The zero-order chi connectivity index (χ0) is 13.8. The van der Waals surface area contributed by atoms with Crippen molar-refractivity contribution < 1.29 is 13.2 Å². The molecule has 1 aromatic rings. The highest BCUT2D eigenvalue weighted by Gasteiger charge is 2.11. The van der Waals surface area contributed by atoms with Gasteiger partial charge in [0, 0.05) is 12.8 Å². The fraction of sp³-hybridized carbons (Fsp3) is 0.364. The first-order chi connectivity index (χ1) is 8.33. The molecule has 0 bridgehead atoms. The van der Waals surface area contributed by atoms with Crippen molar-refractivity contribution in [1.82, 2.24) is 5.32 Å². The Balaban J connectivity index is 2.73. The molecule has 1 amide bonds. The molecule has 0 saturated heterocycles. The van der Waals surface area contributed by atoms with Crippen LogP contribution in [0, 0.1) is 6.92 Å². The van der Waals surface area contributed by atoms with Crippen LogP contribution in [-0.2, 0) is 9.84 Å². The molecule has 0 aliphatic carbocycles. The smallest absolute Gasteiger partial charge is 0.253 e. The Morgan fingerprint density at radius 2 is 2.06 bits per heavy atom. The lowest BCUT2D eigenvalue weighted by atomic mass is 10.1. The number of amides is 1. The molecule has 0 saturated carbocycles. The van der Waals surface area contributed by atoms with Crippen molar-refractivity contribution in [3.8, 4) is 0 Å². The summed E-state index contributed by atoms with van der Waals surface area (Å²) in [6.45, 7) is 1.96. The molecule has 0 atom stereocenters. The number of nitrogens with one attached hydrogen (secondary N) is 2. The van der Waals surface area contributed by atoms with Crippen molar-refractivity contribution in [3.05, 3.63) is 29.3 Å². The van der Waals surface area contributed by atoms with Gasteiger partial charge in [-0.2, -0.15) is 0 Å². The fourth-order valence-corrected chi connectivity index (χ4v) is 1.89. The number of benzene rings is 1. The van der Waals surface area contributed by atoms with Crippen LogP contribution in [0.1, 0.15) is 15.9 Å². The van der Waals surface area contributed by atoms with Gasteiger partial charge in [0.25, 0.3) is 5.91 Å². The average molecular weight is 271 g/mol. The maximum atomic E-state index is 11.8. The first kappa shape index (κ1) is 14.5. The summed E-state index contributed by atoms with van der Waals surface area (Å²) >= 11 is 0. The Labute approximate surface area is 106 Å². The molecule has 18 heavy (non-hydrogen) atoms. The average Bonchev–Trinajstić information content (AvgIpc) is 2.26. The van der Waals surface area contributed by atoms with E-state index in [2.05, 4.69) is 10.7 Å². The third-order valence-electron chi connectivity index (χ3n) is 2.33. The maximum absolute atomic E-state index is 11.8. The zero-order valence-electron chi connectivity index (χ0n) is 10.4. The summed E-state index contributed by atoms with van der Waals surface area (Å²) in [6.07, 6.45) is 1.12. The summed E-state index contributed by atoms with van der Waals surface area (Å²) in [4.78, 5) is 11.8. The van der Waals surface area contributed by atoms with Crippen LogP contribution in [0.4, 0.5) is 5.69 Å². The summed E-state index contributed by atoms with van der Waals surface area (Å²) in [5, 5.41) is 2.54. The van der Waals surface area contributed by atoms with Crippen LogP contribution < -0.4 is 16.6 Å². The van der Waals surface area contributed by atoms with Crippen molar-refractivity contribution in [2.24, 2.45) is 5.84 Å². The molecule has 0 aromatic heterocycles. The van der Waals surface area contributed by atoms with Gasteiger partial charge in [0.2, 0.25) is 0 Å². The van der Waals surface area contributed by atoms with Crippen LogP contribution in [-0.4, -0.2) is 32.9 Å². The van der Waals surface area contributed by atoms with Gasteiger partial charge in [-0.3, -0.25) is 10.6 Å². The van der Waals surface area contributed by atoms with Gasteiger partial charge in [0.1, 0.15) is 9.84 Å². The molecule has 4 N–H and O–H groups in total. The number of carbonyl (C=O) groups is 1. The summed E-state index contributed by atoms with van der Waals surface area (Å²) < 4.78 is 21.9. The van der Waals surface area contributed by atoms with Crippen LogP contribution in [0.25, 0.3) is 0 Å². The van der Waals surface area contributed by atoms with E-state index in [1.807, 2.05) is 6.92 Å². The summed E-state index contributed by atoms with van der Waals surface area (Å²) in [5.74, 6) is 4.89. The molecule has 1 aromatic carbocycles. The van der Waals surface area contributed by atoms with Crippen LogP contribution in [0.2, 0.25) is 0 Å². The van der Waals surface area contributed by atoms with E-state index in [9.17, 15) is 13.2 Å². The zero-order valence-corrected chi connectivity index (χ0v) is 11.2. The molecule has 0 aliphatic heterocycles. The van der Waals surface area contributed by atoms with Crippen LogP contribution >= 0.6 is 0 Å². The predicted molar refractivity (Wildman–Crippen MR) is 71.0 cm³/mol. The van der Waals surface area contributed by atoms with Crippen molar-refractivity contribution in [2.75, 3.05) is 24.0 Å².